The van der Waals surface area contributed by atoms with Crippen LogP contribution in [0.5, 0.6) is 0 Å². The van der Waals surface area contributed by atoms with Gasteiger partial charge in [0, 0.05) is 18.7 Å². The number of nitrogens with one attached hydrogen (secondary N) is 2. The molecule has 1 aromatic carbocycles. The van der Waals surface area contributed by atoms with E-state index in [-0.39, 0.29) is 24.8 Å². The maximum Gasteiger partial charge on any atom is 0.228 e. The topological polar surface area (TPSA) is 78.4 Å². The zero-order valence-electron chi connectivity index (χ0n) is 12.8. The summed E-state index contributed by atoms with van der Waals surface area (Å²) in [6.07, 6.45) is 1.06. The number of hydrogen-bond donors (Lipinski definition) is 3. The predicted octanol–water partition coefficient (Wildman–Crippen LogP) is 1.92. The van der Waals surface area contributed by atoms with Gasteiger partial charge in [0.25, 0.3) is 0 Å². The molecule has 1 aliphatic rings. The Labute approximate surface area is 128 Å². The highest BCUT2D eigenvalue weighted by Gasteiger charge is 2.32. The number of halogens is 1. The zero-order valence-corrected chi connectivity index (χ0v) is 12.8. The number of benzene rings is 1. The number of amides is 2. The van der Waals surface area contributed by atoms with Crippen molar-refractivity contribution in [3.05, 3.63) is 29.6 Å². The van der Waals surface area contributed by atoms with E-state index in [4.69, 9.17) is 0 Å². The predicted molar refractivity (Wildman–Crippen MR) is 80.9 cm³/mol. The molecule has 6 heteroatoms. The quantitative estimate of drug-likeness (QED) is 0.777. The minimum Gasteiger partial charge on any atom is -0.388 e. The second-order valence-corrected chi connectivity index (χ2v) is 5.69. The van der Waals surface area contributed by atoms with Gasteiger partial charge in [-0.15, -0.1) is 0 Å². The summed E-state index contributed by atoms with van der Waals surface area (Å²) in [4.78, 5) is 24.1. The molecule has 1 aliphatic heterocycles. The lowest BCUT2D eigenvalue weighted by Gasteiger charge is -2.28. The number of rotatable bonds is 5. The summed E-state index contributed by atoms with van der Waals surface area (Å²) in [6, 6.07) is 3.99. The van der Waals surface area contributed by atoms with Crippen LogP contribution in [-0.2, 0) is 9.59 Å². The molecule has 0 radical (unpaired) electrons. The van der Waals surface area contributed by atoms with Crippen LogP contribution in [0, 0.1) is 5.82 Å². The monoisotopic (exact) mass is 308 g/mol. The van der Waals surface area contributed by atoms with Crippen molar-refractivity contribution in [1.29, 1.82) is 0 Å². The average Bonchev–Trinajstić information content (AvgIpc) is 2.51. The van der Waals surface area contributed by atoms with E-state index in [0.29, 0.717) is 24.1 Å². The summed E-state index contributed by atoms with van der Waals surface area (Å²) in [6.45, 7) is 3.83. The van der Waals surface area contributed by atoms with Crippen LogP contribution in [0.2, 0.25) is 0 Å². The Hall–Kier alpha value is -1.95. The van der Waals surface area contributed by atoms with Crippen molar-refractivity contribution >= 4 is 17.5 Å². The maximum absolute atomic E-state index is 13.3. The molecule has 22 heavy (non-hydrogen) atoms. The van der Waals surface area contributed by atoms with Gasteiger partial charge < -0.3 is 15.7 Å². The second-order valence-electron chi connectivity index (χ2n) is 5.69. The highest BCUT2D eigenvalue weighted by molar-refractivity contribution is 6.01. The van der Waals surface area contributed by atoms with E-state index in [1.165, 1.54) is 18.2 Å². The van der Waals surface area contributed by atoms with E-state index in [0.717, 1.165) is 0 Å². The molecule has 0 saturated carbocycles. The van der Waals surface area contributed by atoms with Gasteiger partial charge in [0.15, 0.2) is 0 Å². The van der Waals surface area contributed by atoms with E-state index < -0.39 is 17.3 Å². The first-order chi connectivity index (χ1) is 10.4. The Morgan fingerprint density at radius 2 is 2.14 bits per heavy atom. The lowest BCUT2D eigenvalue weighted by Crippen LogP contribution is -2.44. The van der Waals surface area contributed by atoms with E-state index >= 15 is 0 Å². The first-order valence-corrected chi connectivity index (χ1v) is 7.48. The van der Waals surface area contributed by atoms with Crippen LogP contribution in [-0.4, -0.2) is 29.1 Å². The molecule has 1 unspecified atom stereocenters. The van der Waals surface area contributed by atoms with E-state index in [1.54, 1.807) is 0 Å². The Morgan fingerprint density at radius 3 is 2.77 bits per heavy atom. The first-order valence-electron chi connectivity index (χ1n) is 7.48. The molecule has 5 nitrogen and oxygen atoms in total. The summed E-state index contributed by atoms with van der Waals surface area (Å²) in [5.41, 5.74) is -0.0224. The van der Waals surface area contributed by atoms with E-state index in [9.17, 15) is 19.1 Å². The van der Waals surface area contributed by atoms with Gasteiger partial charge in [0.2, 0.25) is 11.8 Å². The number of aliphatic hydroxyl groups is 1. The molecule has 2 amide bonds. The highest BCUT2D eigenvalue weighted by atomic mass is 19.1. The fraction of sp³-hybridized carbons (Fsp3) is 0.500. The molecule has 0 aliphatic carbocycles. The van der Waals surface area contributed by atoms with Crippen molar-refractivity contribution < 1.29 is 19.1 Å². The minimum absolute atomic E-state index is 0.0150. The van der Waals surface area contributed by atoms with Crippen LogP contribution >= 0.6 is 0 Å². The summed E-state index contributed by atoms with van der Waals surface area (Å²) in [5.74, 6) is -1.78. The Kier molecular flexibility index (Phi) is 4.81. The summed E-state index contributed by atoms with van der Waals surface area (Å²) >= 11 is 0. The summed E-state index contributed by atoms with van der Waals surface area (Å²) in [7, 11) is 0. The van der Waals surface area contributed by atoms with Gasteiger partial charge in [-0.25, -0.2) is 4.39 Å². The molecule has 0 aromatic heterocycles. The van der Waals surface area contributed by atoms with Crippen molar-refractivity contribution in [1.82, 2.24) is 5.32 Å². The van der Waals surface area contributed by atoms with Crippen LogP contribution in [0.4, 0.5) is 10.1 Å². The molecule has 120 valence electrons. The average molecular weight is 308 g/mol. The molecule has 0 bridgehead atoms. The fourth-order valence-corrected chi connectivity index (χ4v) is 2.55. The number of anilines is 1. The Balaban J connectivity index is 2.15. The molecule has 0 saturated heterocycles. The van der Waals surface area contributed by atoms with Crippen LogP contribution < -0.4 is 10.6 Å². The van der Waals surface area contributed by atoms with Gasteiger partial charge in [-0.2, -0.15) is 0 Å². The standard InChI is InChI=1S/C16H21FN2O3/c1-3-16(22,4-2)9-18-15(21)12-8-14(20)19-13-7-10(17)5-6-11(12)13/h5-7,12,22H,3-4,8-9H2,1-2H3,(H,18,21)(H,19,20). The Bertz CT molecular complexity index is 585. The number of carbonyl (C=O) groups is 2. The zero-order chi connectivity index (χ0) is 16.3. The van der Waals surface area contributed by atoms with Gasteiger partial charge in [-0.3, -0.25) is 9.59 Å². The SMILES string of the molecule is CCC(O)(CC)CNC(=O)C1CC(=O)Nc2cc(F)ccc21. The lowest BCUT2D eigenvalue weighted by atomic mass is 9.89. The van der Waals surface area contributed by atoms with Crippen molar-refractivity contribution in [2.45, 2.75) is 44.6 Å². The molecule has 3 N–H and O–H groups in total. The highest BCUT2D eigenvalue weighted by Crippen LogP contribution is 2.33. The van der Waals surface area contributed by atoms with Crippen LogP contribution in [0.1, 0.15) is 44.6 Å². The van der Waals surface area contributed by atoms with Gasteiger partial charge in [0.05, 0.1) is 11.5 Å². The lowest BCUT2D eigenvalue weighted by molar-refractivity contribution is -0.127. The molecule has 1 atom stereocenters. The fourth-order valence-electron chi connectivity index (χ4n) is 2.55. The normalized spacial score (nSPS) is 17.6. The van der Waals surface area contributed by atoms with Crippen LogP contribution in [0.3, 0.4) is 0 Å². The third-order valence-electron chi connectivity index (χ3n) is 4.28. The van der Waals surface area contributed by atoms with Crippen molar-refractivity contribution in [2.75, 3.05) is 11.9 Å². The third-order valence-corrected chi connectivity index (χ3v) is 4.28. The van der Waals surface area contributed by atoms with Crippen molar-refractivity contribution in [3.63, 3.8) is 0 Å². The molecule has 2 rings (SSSR count). The Morgan fingerprint density at radius 1 is 1.45 bits per heavy atom. The van der Waals surface area contributed by atoms with E-state index in [2.05, 4.69) is 10.6 Å². The number of hydrogen-bond acceptors (Lipinski definition) is 3. The van der Waals surface area contributed by atoms with Crippen molar-refractivity contribution in [3.8, 4) is 0 Å². The third kappa shape index (κ3) is 3.44. The maximum atomic E-state index is 13.3. The van der Waals surface area contributed by atoms with E-state index in [1.807, 2.05) is 13.8 Å². The first kappa shape index (κ1) is 16.4. The second kappa shape index (κ2) is 6.44. The minimum atomic E-state index is -0.946. The summed E-state index contributed by atoms with van der Waals surface area (Å²) in [5, 5.41) is 15.5. The van der Waals surface area contributed by atoms with Crippen molar-refractivity contribution in [2.24, 2.45) is 0 Å². The van der Waals surface area contributed by atoms with Gasteiger partial charge in [-0.05, 0) is 30.5 Å². The molecule has 1 aromatic rings. The molecule has 0 spiro atoms. The van der Waals surface area contributed by atoms with Gasteiger partial charge >= 0.3 is 0 Å². The van der Waals surface area contributed by atoms with Crippen LogP contribution in [0.25, 0.3) is 0 Å². The van der Waals surface area contributed by atoms with Crippen LogP contribution in [0.15, 0.2) is 18.2 Å². The molecule has 0 fully saturated rings. The molecular weight excluding hydrogens is 287 g/mol. The molecule has 1 heterocycles. The summed E-state index contributed by atoms with van der Waals surface area (Å²) < 4.78 is 13.3. The smallest absolute Gasteiger partial charge is 0.228 e. The molecular formula is C16H21FN2O3. The van der Waals surface area contributed by atoms with Gasteiger partial charge in [-0.1, -0.05) is 19.9 Å². The number of carbonyl (C=O) groups excluding carboxylic acids is 2. The number of fused-ring (bicyclic) bond motifs is 1. The van der Waals surface area contributed by atoms with Gasteiger partial charge in [0.1, 0.15) is 5.82 Å². The largest absolute Gasteiger partial charge is 0.388 e.